The van der Waals surface area contributed by atoms with Crippen LogP contribution in [0.15, 0.2) is 59.1 Å². The van der Waals surface area contributed by atoms with Crippen LogP contribution < -0.4 is 10.4 Å². The molecule has 0 saturated carbocycles. The minimum absolute atomic E-state index is 0.312. The van der Waals surface area contributed by atoms with Crippen molar-refractivity contribution >= 4 is 39.1 Å². The average molecular weight is 715 g/mol. The summed E-state index contributed by atoms with van der Waals surface area (Å²) in [5.41, 5.74) is -14.9. The molecule has 0 radical (unpaired) electrons. The van der Waals surface area contributed by atoms with E-state index in [0.29, 0.717) is 6.07 Å². The third-order valence-electron chi connectivity index (χ3n) is 5.91. The third kappa shape index (κ3) is 6.06. The van der Waals surface area contributed by atoms with Crippen LogP contribution in [0.3, 0.4) is 0 Å². The molecule has 3 aromatic rings. The highest BCUT2D eigenvalue weighted by atomic mass is 79.9. The van der Waals surface area contributed by atoms with Gasteiger partial charge in [0.2, 0.25) is 0 Å². The summed E-state index contributed by atoms with van der Waals surface area (Å²) in [6, 6.07) is 4.67. The Morgan fingerprint density at radius 2 is 1.41 bits per heavy atom. The molecule has 238 valence electrons. The third-order valence-corrected chi connectivity index (χ3v) is 6.53. The van der Waals surface area contributed by atoms with Gasteiger partial charge in [0.15, 0.2) is 5.82 Å². The maximum atomic E-state index is 15.2. The van der Waals surface area contributed by atoms with Gasteiger partial charge in [-0.15, -0.1) is 0 Å². The number of anilines is 2. The van der Waals surface area contributed by atoms with Gasteiger partial charge in [-0.2, -0.15) is 40.2 Å². The van der Waals surface area contributed by atoms with E-state index in [1.165, 1.54) is 0 Å². The van der Waals surface area contributed by atoms with Gasteiger partial charge in [-0.1, -0.05) is 6.07 Å². The molecule has 0 fully saturated rings. The molecule has 44 heavy (non-hydrogen) atoms. The molecule has 2 amide bonds. The van der Waals surface area contributed by atoms with Crippen molar-refractivity contribution in [3.8, 4) is 0 Å². The van der Waals surface area contributed by atoms with Gasteiger partial charge in [-0.25, -0.2) is 22.0 Å². The number of hydrogen-bond acceptors (Lipinski definition) is 3. The van der Waals surface area contributed by atoms with E-state index in [4.69, 9.17) is 0 Å². The standard InChI is InChI=1S/C25H12BrF13N2O3/c26-15-9-11(22(31,24(34,35)36)23(32,33)25(37,38)39)8-14(19(29)30)18(15)40-20(42)13-2-1-3-16(17(13)28)41(44)21(43)10-4-6-12(27)7-5-10/h1-9,19,44H,(H,40,42). The highest BCUT2D eigenvalue weighted by molar-refractivity contribution is 9.10. The molecule has 1 unspecified atom stereocenters. The second-order valence-electron chi connectivity index (χ2n) is 8.67. The largest absolute Gasteiger partial charge is 0.457 e. The molecule has 0 bridgehead atoms. The summed E-state index contributed by atoms with van der Waals surface area (Å²) in [6.45, 7) is 0. The zero-order valence-corrected chi connectivity index (χ0v) is 22.4. The molecule has 0 aliphatic carbocycles. The van der Waals surface area contributed by atoms with E-state index in [-0.39, 0.29) is 16.7 Å². The number of hydroxylamine groups is 1. The van der Waals surface area contributed by atoms with Gasteiger partial charge in [-0.05, 0) is 64.5 Å². The molecule has 1 atom stereocenters. The SMILES string of the molecule is O=C(Nc1c(Br)cc(C(F)(C(F)(F)F)C(F)(F)C(F)(F)F)cc1C(F)F)c1cccc(N(O)C(=O)c2ccc(F)cc2)c1F. The number of benzene rings is 3. The van der Waals surface area contributed by atoms with Gasteiger partial charge in [0.25, 0.3) is 18.2 Å². The lowest BCUT2D eigenvalue weighted by Gasteiger charge is -2.36. The maximum Gasteiger partial charge on any atom is 0.457 e. The molecular formula is C25H12BrF13N2O3. The Morgan fingerprint density at radius 3 is 1.91 bits per heavy atom. The first-order valence-electron chi connectivity index (χ1n) is 11.3. The molecular weight excluding hydrogens is 703 g/mol. The monoisotopic (exact) mass is 714 g/mol. The Bertz CT molecular complexity index is 1580. The number of halogens is 14. The molecule has 5 nitrogen and oxygen atoms in total. The van der Waals surface area contributed by atoms with Gasteiger partial charge in [0.1, 0.15) is 11.5 Å². The number of carbonyl (C=O) groups is 2. The molecule has 0 saturated heterocycles. The molecule has 0 aliphatic rings. The number of nitrogens with zero attached hydrogens (tertiary/aromatic N) is 1. The summed E-state index contributed by atoms with van der Waals surface area (Å²) in [7, 11) is 0. The fourth-order valence-electron chi connectivity index (χ4n) is 3.71. The highest BCUT2D eigenvalue weighted by Crippen LogP contribution is 2.59. The lowest BCUT2D eigenvalue weighted by Crippen LogP contribution is -2.59. The average Bonchev–Trinajstić information content (AvgIpc) is 2.91. The van der Waals surface area contributed by atoms with Gasteiger partial charge in [0, 0.05) is 21.2 Å². The van der Waals surface area contributed by atoms with Crippen LogP contribution in [0.5, 0.6) is 0 Å². The van der Waals surface area contributed by atoms with Gasteiger partial charge in [0.05, 0.1) is 11.3 Å². The first-order valence-corrected chi connectivity index (χ1v) is 12.1. The summed E-state index contributed by atoms with van der Waals surface area (Å²) in [4.78, 5) is 25.2. The van der Waals surface area contributed by atoms with Gasteiger partial charge < -0.3 is 5.32 Å². The quantitative estimate of drug-likeness (QED) is 0.146. The number of nitrogens with one attached hydrogen (secondary N) is 1. The second-order valence-corrected chi connectivity index (χ2v) is 9.52. The minimum Gasteiger partial charge on any atom is -0.320 e. The molecule has 3 rings (SSSR count). The van der Waals surface area contributed by atoms with Crippen LogP contribution >= 0.6 is 15.9 Å². The van der Waals surface area contributed by atoms with Crippen LogP contribution in [0.2, 0.25) is 0 Å². The van der Waals surface area contributed by atoms with E-state index in [9.17, 15) is 67.5 Å². The van der Waals surface area contributed by atoms with E-state index in [2.05, 4.69) is 15.9 Å². The fraction of sp³-hybridized carbons (Fsp3) is 0.200. The fourth-order valence-corrected chi connectivity index (χ4v) is 4.29. The van der Waals surface area contributed by atoms with Crippen molar-refractivity contribution in [3.05, 3.63) is 93.0 Å². The Labute approximate surface area is 245 Å². The molecule has 19 heteroatoms. The number of amides is 2. The molecule has 0 aliphatic heterocycles. The topological polar surface area (TPSA) is 69.6 Å². The van der Waals surface area contributed by atoms with Crippen LogP contribution in [0.4, 0.5) is 68.5 Å². The summed E-state index contributed by atoms with van der Waals surface area (Å²) >= 11 is 2.33. The lowest BCUT2D eigenvalue weighted by atomic mass is 9.86. The second kappa shape index (κ2) is 11.9. The van der Waals surface area contributed by atoms with E-state index in [1.807, 2.05) is 0 Å². The van der Waals surface area contributed by atoms with Crippen LogP contribution in [0.1, 0.15) is 38.3 Å². The summed E-state index contributed by atoms with van der Waals surface area (Å²) in [6.07, 6.45) is -18.2. The molecule has 0 heterocycles. The smallest absolute Gasteiger partial charge is 0.320 e. The van der Waals surface area contributed by atoms with Gasteiger partial charge >= 0.3 is 23.9 Å². The highest BCUT2D eigenvalue weighted by Gasteiger charge is 2.81. The Hall–Kier alpha value is -3.87. The van der Waals surface area contributed by atoms with E-state index in [1.54, 1.807) is 5.32 Å². The Kier molecular flexibility index (Phi) is 9.37. The summed E-state index contributed by atoms with van der Waals surface area (Å²) in [5.74, 6) is -12.7. The van der Waals surface area contributed by atoms with Crippen molar-refractivity contribution in [1.29, 1.82) is 0 Å². The van der Waals surface area contributed by atoms with Crippen molar-refractivity contribution in [1.82, 2.24) is 0 Å². The van der Waals surface area contributed by atoms with Crippen molar-refractivity contribution < 1.29 is 71.9 Å². The number of rotatable bonds is 7. The zero-order chi connectivity index (χ0) is 33.6. The normalized spacial score (nSPS) is 13.9. The van der Waals surface area contributed by atoms with E-state index in [0.717, 1.165) is 36.4 Å². The molecule has 3 aromatic carbocycles. The van der Waals surface area contributed by atoms with Crippen LogP contribution in [-0.2, 0) is 5.67 Å². The Morgan fingerprint density at radius 1 is 0.841 bits per heavy atom. The Balaban J connectivity index is 2.08. The minimum atomic E-state index is -7.19. The molecule has 0 aromatic heterocycles. The summed E-state index contributed by atoms with van der Waals surface area (Å²) < 4.78 is 176. The van der Waals surface area contributed by atoms with Crippen LogP contribution in [0, 0.1) is 11.6 Å². The predicted molar refractivity (Wildman–Crippen MR) is 128 cm³/mol. The summed E-state index contributed by atoms with van der Waals surface area (Å²) in [5, 5.41) is 11.5. The maximum absolute atomic E-state index is 15.2. The molecule has 0 spiro atoms. The van der Waals surface area contributed by atoms with Gasteiger partial charge in [-0.3, -0.25) is 14.8 Å². The van der Waals surface area contributed by atoms with Crippen LogP contribution in [-0.4, -0.2) is 35.3 Å². The first-order chi connectivity index (χ1) is 20.1. The van der Waals surface area contributed by atoms with Crippen LogP contribution in [0.25, 0.3) is 0 Å². The van der Waals surface area contributed by atoms with Crippen molar-refractivity contribution in [2.24, 2.45) is 0 Å². The van der Waals surface area contributed by atoms with Crippen molar-refractivity contribution in [2.75, 3.05) is 10.4 Å². The molecule has 2 N–H and O–H groups in total. The van der Waals surface area contributed by atoms with E-state index < -0.39 is 92.4 Å². The first kappa shape index (κ1) is 34.6. The van der Waals surface area contributed by atoms with Crippen molar-refractivity contribution in [3.63, 3.8) is 0 Å². The van der Waals surface area contributed by atoms with E-state index >= 15 is 4.39 Å². The zero-order valence-electron chi connectivity index (χ0n) is 20.8. The lowest BCUT2D eigenvalue weighted by molar-refractivity contribution is -0.389. The number of hydrogen-bond donors (Lipinski definition) is 2. The van der Waals surface area contributed by atoms with Crippen molar-refractivity contribution in [2.45, 2.75) is 30.4 Å². The number of alkyl halides is 11. The number of carbonyl (C=O) groups excluding carboxylic acids is 2. The predicted octanol–water partition coefficient (Wildman–Crippen LogP) is 8.88.